The van der Waals surface area contributed by atoms with Gasteiger partial charge in [-0.3, -0.25) is 9.36 Å². The fourth-order valence-electron chi connectivity index (χ4n) is 3.29. The monoisotopic (exact) mass is 401 g/mol. The molecule has 0 saturated carbocycles. The molecule has 0 aromatic carbocycles. The second-order valence-electron chi connectivity index (χ2n) is 6.84. The predicted octanol–water partition coefficient (Wildman–Crippen LogP) is 1.51. The van der Waals surface area contributed by atoms with Crippen LogP contribution in [0, 0.1) is 11.6 Å². The highest BCUT2D eigenvalue weighted by Gasteiger charge is 2.23. The molecule has 3 aromatic heterocycles. The number of nitrogens with zero attached hydrogens (tertiary/aromatic N) is 5. The summed E-state index contributed by atoms with van der Waals surface area (Å²) in [6.45, 7) is 2.56. The lowest BCUT2D eigenvalue weighted by Crippen LogP contribution is -2.45. The standard InChI is InChI=1S/C19H17F2N5O3/c1-24-4-6-25(7-5-24)18-14(21)8-12-16(27)13(19(28)29)10-26(17(12)23-18)15-3-2-11(20)9-22-15/h2-3,8-10H,4-7H2,1H3,(H,28,29). The van der Waals surface area contributed by atoms with Gasteiger partial charge in [-0.1, -0.05) is 0 Å². The average molecular weight is 401 g/mol. The highest BCUT2D eigenvalue weighted by atomic mass is 19.1. The molecular formula is C19H17F2N5O3. The maximum atomic E-state index is 14.8. The summed E-state index contributed by atoms with van der Waals surface area (Å²) >= 11 is 0. The van der Waals surface area contributed by atoms with Crippen LogP contribution >= 0.6 is 0 Å². The first-order valence-electron chi connectivity index (χ1n) is 8.90. The van der Waals surface area contributed by atoms with Crippen LogP contribution in [0.1, 0.15) is 10.4 Å². The number of hydrogen-bond donors (Lipinski definition) is 1. The van der Waals surface area contributed by atoms with Crippen LogP contribution in [0.25, 0.3) is 16.9 Å². The quantitative estimate of drug-likeness (QED) is 0.711. The highest BCUT2D eigenvalue weighted by molar-refractivity contribution is 5.92. The van der Waals surface area contributed by atoms with Gasteiger partial charge in [-0.25, -0.2) is 23.5 Å². The van der Waals surface area contributed by atoms with Crippen molar-refractivity contribution in [3.05, 3.63) is 58.0 Å². The number of aromatic carboxylic acids is 1. The normalized spacial score (nSPS) is 15.1. The highest BCUT2D eigenvalue weighted by Crippen LogP contribution is 2.24. The summed E-state index contributed by atoms with van der Waals surface area (Å²) in [5.74, 6) is -2.52. The van der Waals surface area contributed by atoms with Crippen LogP contribution in [0.4, 0.5) is 14.6 Å². The first-order valence-corrected chi connectivity index (χ1v) is 8.90. The average Bonchev–Trinajstić information content (AvgIpc) is 2.70. The summed E-state index contributed by atoms with van der Waals surface area (Å²) in [5, 5.41) is 9.18. The summed E-state index contributed by atoms with van der Waals surface area (Å²) < 4.78 is 29.4. The minimum Gasteiger partial charge on any atom is -0.477 e. The van der Waals surface area contributed by atoms with Crippen molar-refractivity contribution in [2.75, 3.05) is 38.1 Å². The Bertz CT molecular complexity index is 1160. The third-order valence-electron chi connectivity index (χ3n) is 4.90. The molecule has 0 atom stereocenters. The van der Waals surface area contributed by atoms with Gasteiger partial charge in [0.25, 0.3) is 0 Å². The van der Waals surface area contributed by atoms with Gasteiger partial charge in [0.05, 0.1) is 11.6 Å². The zero-order valence-corrected chi connectivity index (χ0v) is 15.5. The molecule has 0 spiro atoms. The summed E-state index contributed by atoms with van der Waals surface area (Å²) in [6, 6.07) is 3.48. The molecule has 1 aliphatic rings. The summed E-state index contributed by atoms with van der Waals surface area (Å²) in [7, 11) is 1.97. The van der Waals surface area contributed by atoms with Gasteiger partial charge in [-0.05, 0) is 25.2 Å². The smallest absolute Gasteiger partial charge is 0.341 e. The molecular weight excluding hydrogens is 384 g/mol. The maximum absolute atomic E-state index is 14.8. The third kappa shape index (κ3) is 3.42. The Labute approximate surface area is 163 Å². The molecule has 10 heteroatoms. The molecule has 0 unspecified atom stereocenters. The predicted molar refractivity (Wildman–Crippen MR) is 102 cm³/mol. The molecule has 1 N–H and O–H groups in total. The number of rotatable bonds is 3. The van der Waals surface area contributed by atoms with Gasteiger partial charge in [0.2, 0.25) is 5.43 Å². The Morgan fingerprint density at radius 1 is 1.17 bits per heavy atom. The molecule has 0 bridgehead atoms. The number of aromatic nitrogens is 3. The first kappa shape index (κ1) is 18.9. The van der Waals surface area contributed by atoms with Crippen molar-refractivity contribution in [2.45, 2.75) is 0 Å². The summed E-state index contributed by atoms with van der Waals surface area (Å²) in [4.78, 5) is 36.3. The van der Waals surface area contributed by atoms with E-state index >= 15 is 0 Å². The van der Waals surface area contributed by atoms with Crippen LogP contribution < -0.4 is 10.3 Å². The number of halogens is 2. The number of likely N-dealkylation sites (N-methyl/N-ethyl adjacent to an activating group) is 1. The van der Waals surface area contributed by atoms with Crippen molar-refractivity contribution in [3.8, 4) is 5.82 Å². The number of hydrogen-bond acceptors (Lipinski definition) is 6. The molecule has 4 heterocycles. The molecule has 4 rings (SSSR count). The van der Waals surface area contributed by atoms with E-state index in [4.69, 9.17) is 0 Å². The Kier molecular flexibility index (Phi) is 4.71. The van der Waals surface area contributed by atoms with E-state index in [1.54, 1.807) is 4.90 Å². The molecule has 29 heavy (non-hydrogen) atoms. The number of pyridine rings is 3. The lowest BCUT2D eigenvalue weighted by Gasteiger charge is -2.33. The van der Waals surface area contributed by atoms with Crippen LogP contribution in [0.3, 0.4) is 0 Å². The van der Waals surface area contributed by atoms with E-state index in [2.05, 4.69) is 14.9 Å². The van der Waals surface area contributed by atoms with Crippen LogP contribution in [0.5, 0.6) is 0 Å². The Morgan fingerprint density at radius 3 is 2.52 bits per heavy atom. The minimum absolute atomic E-state index is 0.0504. The van der Waals surface area contributed by atoms with Crippen LogP contribution in [0.15, 0.2) is 35.4 Å². The molecule has 150 valence electrons. The van der Waals surface area contributed by atoms with Crippen LogP contribution in [-0.4, -0.2) is 63.7 Å². The van der Waals surface area contributed by atoms with E-state index in [9.17, 15) is 23.5 Å². The lowest BCUT2D eigenvalue weighted by molar-refractivity contribution is 0.0695. The van der Waals surface area contributed by atoms with Crippen LogP contribution in [0.2, 0.25) is 0 Å². The molecule has 0 amide bonds. The van der Waals surface area contributed by atoms with Crippen molar-refractivity contribution in [2.24, 2.45) is 0 Å². The Hall–Kier alpha value is -3.40. The second-order valence-corrected chi connectivity index (χ2v) is 6.84. The first-order chi connectivity index (χ1) is 13.8. The molecule has 0 aliphatic carbocycles. The van der Waals surface area contributed by atoms with Gasteiger partial charge in [0.1, 0.15) is 17.2 Å². The lowest BCUT2D eigenvalue weighted by atomic mass is 10.1. The number of carboxylic acid groups (broad SMARTS) is 1. The molecule has 1 saturated heterocycles. The zero-order chi connectivity index (χ0) is 20.7. The van der Waals surface area contributed by atoms with Crippen LogP contribution in [-0.2, 0) is 0 Å². The van der Waals surface area contributed by atoms with Crippen molar-refractivity contribution in [1.29, 1.82) is 0 Å². The number of piperazine rings is 1. The topological polar surface area (TPSA) is 91.6 Å². The van der Waals surface area contributed by atoms with E-state index in [0.717, 1.165) is 37.6 Å². The third-order valence-corrected chi connectivity index (χ3v) is 4.90. The van der Waals surface area contributed by atoms with Crippen molar-refractivity contribution in [3.63, 3.8) is 0 Å². The maximum Gasteiger partial charge on any atom is 0.341 e. The zero-order valence-electron chi connectivity index (χ0n) is 15.5. The second kappa shape index (κ2) is 7.21. The van der Waals surface area contributed by atoms with Gasteiger partial charge >= 0.3 is 5.97 Å². The molecule has 1 fully saturated rings. The SMILES string of the molecule is CN1CCN(c2nc3c(cc2F)c(=O)c(C(=O)O)cn3-c2ccc(F)cn2)CC1. The molecule has 8 nitrogen and oxygen atoms in total. The van der Waals surface area contributed by atoms with Gasteiger partial charge in [0.15, 0.2) is 17.3 Å². The van der Waals surface area contributed by atoms with Crippen molar-refractivity contribution < 1.29 is 18.7 Å². The Balaban J connectivity index is 1.97. The number of carboxylic acids is 1. The van der Waals surface area contributed by atoms with E-state index in [1.807, 2.05) is 7.05 Å². The summed E-state index contributed by atoms with van der Waals surface area (Å²) in [5.41, 5.74) is -1.35. The van der Waals surface area contributed by atoms with Gasteiger partial charge in [-0.15, -0.1) is 0 Å². The number of anilines is 1. The molecule has 1 aliphatic heterocycles. The van der Waals surface area contributed by atoms with E-state index in [0.29, 0.717) is 13.1 Å². The fourth-order valence-corrected chi connectivity index (χ4v) is 3.29. The number of fused-ring (bicyclic) bond motifs is 1. The number of carbonyl (C=O) groups is 1. The Morgan fingerprint density at radius 2 is 1.90 bits per heavy atom. The van der Waals surface area contributed by atoms with Crippen molar-refractivity contribution >= 4 is 22.8 Å². The van der Waals surface area contributed by atoms with E-state index < -0.39 is 28.6 Å². The summed E-state index contributed by atoms with van der Waals surface area (Å²) in [6.07, 6.45) is 2.04. The van der Waals surface area contributed by atoms with E-state index in [1.165, 1.54) is 10.6 Å². The minimum atomic E-state index is -1.46. The van der Waals surface area contributed by atoms with Gasteiger partial charge in [-0.2, -0.15) is 0 Å². The largest absolute Gasteiger partial charge is 0.477 e. The van der Waals surface area contributed by atoms with E-state index in [-0.39, 0.29) is 22.7 Å². The van der Waals surface area contributed by atoms with Gasteiger partial charge in [0, 0.05) is 32.4 Å². The van der Waals surface area contributed by atoms with Crippen molar-refractivity contribution in [1.82, 2.24) is 19.4 Å². The molecule has 3 aromatic rings. The molecule has 0 radical (unpaired) electrons. The van der Waals surface area contributed by atoms with Gasteiger partial charge < -0.3 is 14.9 Å². The fraction of sp³-hybridized carbons (Fsp3) is 0.263.